The van der Waals surface area contributed by atoms with Crippen LogP contribution in [0.2, 0.25) is 0 Å². The highest BCUT2D eigenvalue weighted by molar-refractivity contribution is 4.71. The predicted molar refractivity (Wildman–Crippen MR) is 74.8 cm³/mol. The van der Waals surface area contributed by atoms with Crippen molar-refractivity contribution in [3.05, 3.63) is 12.7 Å². The first-order valence-electron chi connectivity index (χ1n) is 7.16. The molecule has 0 spiro atoms. The van der Waals surface area contributed by atoms with E-state index in [2.05, 4.69) is 25.7 Å². The van der Waals surface area contributed by atoms with Crippen LogP contribution in [0.25, 0.3) is 0 Å². The number of allylic oxidation sites excluding steroid dienone is 1. The molecule has 1 heteroatoms. The van der Waals surface area contributed by atoms with Crippen molar-refractivity contribution in [3.63, 3.8) is 0 Å². The Bertz CT molecular complexity index is 142. The van der Waals surface area contributed by atoms with Crippen LogP contribution in [-0.2, 0) is 0 Å². The summed E-state index contributed by atoms with van der Waals surface area (Å²) in [5.41, 5.74) is 0. The number of hydrogen-bond acceptors (Lipinski definition) is 1. The average Bonchev–Trinajstić information content (AvgIpc) is 2.30. The van der Waals surface area contributed by atoms with Crippen molar-refractivity contribution >= 4 is 0 Å². The lowest BCUT2D eigenvalue weighted by Crippen LogP contribution is -2.23. The van der Waals surface area contributed by atoms with Gasteiger partial charge in [-0.2, -0.15) is 0 Å². The van der Waals surface area contributed by atoms with Crippen molar-refractivity contribution in [3.8, 4) is 0 Å². The van der Waals surface area contributed by atoms with Crippen LogP contribution in [0.3, 0.4) is 0 Å². The van der Waals surface area contributed by atoms with Gasteiger partial charge in [0, 0.05) is 0 Å². The Labute approximate surface area is 103 Å². The van der Waals surface area contributed by atoms with Gasteiger partial charge in [0.15, 0.2) is 0 Å². The standard InChI is InChI=1S/C15H31N/c1-4-7-9-10-13-16-14-15(11-6-3)12-8-5-2/h5,15-16H,2,4,6-14H2,1,3H3. The summed E-state index contributed by atoms with van der Waals surface area (Å²) in [6.45, 7) is 10.8. The molecule has 1 unspecified atom stereocenters. The van der Waals surface area contributed by atoms with Gasteiger partial charge in [-0.25, -0.2) is 0 Å². The molecule has 0 aliphatic heterocycles. The molecule has 0 saturated heterocycles. The van der Waals surface area contributed by atoms with E-state index >= 15 is 0 Å². The van der Waals surface area contributed by atoms with Gasteiger partial charge < -0.3 is 5.32 Å². The van der Waals surface area contributed by atoms with Crippen molar-refractivity contribution in [1.82, 2.24) is 5.32 Å². The van der Waals surface area contributed by atoms with Crippen LogP contribution in [0.5, 0.6) is 0 Å². The van der Waals surface area contributed by atoms with Crippen molar-refractivity contribution in [2.24, 2.45) is 5.92 Å². The summed E-state index contributed by atoms with van der Waals surface area (Å²) in [6.07, 6.45) is 12.6. The van der Waals surface area contributed by atoms with E-state index in [1.807, 2.05) is 6.08 Å². The van der Waals surface area contributed by atoms with E-state index < -0.39 is 0 Å². The molecule has 0 amide bonds. The molecule has 0 aromatic carbocycles. The number of hydrogen-bond donors (Lipinski definition) is 1. The second kappa shape index (κ2) is 12.8. The minimum Gasteiger partial charge on any atom is -0.316 e. The molecule has 0 aromatic rings. The lowest BCUT2D eigenvalue weighted by molar-refractivity contribution is 0.413. The summed E-state index contributed by atoms with van der Waals surface area (Å²) < 4.78 is 0. The summed E-state index contributed by atoms with van der Waals surface area (Å²) in [4.78, 5) is 0. The fraction of sp³-hybridized carbons (Fsp3) is 0.867. The third-order valence-corrected chi connectivity index (χ3v) is 3.12. The van der Waals surface area contributed by atoms with Gasteiger partial charge in [-0.05, 0) is 44.7 Å². The van der Waals surface area contributed by atoms with Crippen LogP contribution < -0.4 is 5.32 Å². The third kappa shape index (κ3) is 10.2. The second-order valence-corrected chi connectivity index (χ2v) is 4.79. The maximum atomic E-state index is 3.80. The van der Waals surface area contributed by atoms with Gasteiger partial charge >= 0.3 is 0 Å². The second-order valence-electron chi connectivity index (χ2n) is 4.79. The summed E-state index contributed by atoms with van der Waals surface area (Å²) >= 11 is 0. The molecular formula is C15H31N. The van der Waals surface area contributed by atoms with E-state index in [9.17, 15) is 0 Å². The first-order chi connectivity index (χ1) is 7.85. The molecule has 0 fully saturated rings. The van der Waals surface area contributed by atoms with Crippen molar-refractivity contribution < 1.29 is 0 Å². The molecule has 0 rings (SSSR count). The Balaban J connectivity index is 3.39. The van der Waals surface area contributed by atoms with Crippen LogP contribution in [0, 0.1) is 5.92 Å². The van der Waals surface area contributed by atoms with Gasteiger partial charge in [0.1, 0.15) is 0 Å². The Morgan fingerprint density at radius 2 is 1.88 bits per heavy atom. The maximum absolute atomic E-state index is 3.80. The Morgan fingerprint density at radius 1 is 1.06 bits per heavy atom. The highest BCUT2D eigenvalue weighted by Crippen LogP contribution is 2.12. The topological polar surface area (TPSA) is 12.0 Å². The predicted octanol–water partition coefficient (Wildman–Crippen LogP) is 4.54. The molecule has 0 heterocycles. The van der Waals surface area contributed by atoms with E-state index in [0.717, 1.165) is 5.92 Å². The van der Waals surface area contributed by atoms with E-state index in [1.165, 1.54) is 64.5 Å². The van der Waals surface area contributed by atoms with E-state index in [4.69, 9.17) is 0 Å². The van der Waals surface area contributed by atoms with Gasteiger partial charge in [-0.15, -0.1) is 6.58 Å². The normalized spacial score (nSPS) is 12.6. The van der Waals surface area contributed by atoms with Gasteiger partial charge in [0.25, 0.3) is 0 Å². The van der Waals surface area contributed by atoms with Crippen LogP contribution in [0.15, 0.2) is 12.7 Å². The lowest BCUT2D eigenvalue weighted by Gasteiger charge is -2.16. The molecule has 16 heavy (non-hydrogen) atoms. The zero-order chi connectivity index (χ0) is 12.1. The van der Waals surface area contributed by atoms with Gasteiger partial charge in [-0.3, -0.25) is 0 Å². The summed E-state index contributed by atoms with van der Waals surface area (Å²) in [7, 11) is 0. The van der Waals surface area contributed by atoms with E-state index in [1.54, 1.807) is 0 Å². The Kier molecular flexibility index (Phi) is 12.5. The van der Waals surface area contributed by atoms with Crippen molar-refractivity contribution in [2.45, 2.75) is 65.2 Å². The fourth-order valence-electron chi connectivity index (χ4n) is 2.09. The van der Waals surface area contributed by atoms with Crippen molar-refractivity contribution in [1.29, 1.82) is 0 Å². The van der Waals surface area contributed by atoms with Gasteiger partial charge in [0.05, 0.1) is 0 Å². The molecule has 1 atom stereocenters. The molecule has 0 aromatic heterocycles. The van der Waals surface area contributed by atoms with Crippen LogP contribution in [0.1, 0.15) is 65.2 Å². The molecule has 0 aliphatic carbocycles. The third-order valence-electron chi connectivity index (χ3n) is 3.12. The highest BCUT2D eigenvalue weighted by Gasteiger charge is 2.05. The monoisotopic (exact) mass is 225 g/mol. The quantitative estimate of drug-likeness (QED) is 0.380. The fourth-order valence-corrected chi connectivity index (χ4v) is 2.09. The smallest absolute Gasteiger partial charge is 0.00204 e. The number of nitrogens with one attached hydrogen (secondary N) is 1. The number of rotatable bonds is 12. The van der Waals surface area contributed by atoms with Crippen LogP contribution in [0.4, 0.5) is 0 Å². The minimum atomic E-state index is 0.856. The zero-order valence-electron chi connectivity index (χ0n) is 11.4. The Hall–Kier alpha value is -0.300. The molecule has 0 radical (unpaired) electrons. The Morgan fingerprint density at radius 3 is 2.50 bits per heavy atom. The van der Waals surface area contributed by atoms with E-state index in [-0.39, 0.29) is 0 Å². The number of unbranched alkanes of at least 4 members (excludes halogenated alkanes) is 3. The lowest BCUT2D eigenvalue weighted by atomic mass is 9.98. The molecule has 96 valence electrons. The van der Waals surface area contributed by atoms with Crippen LogP contribution >= 0.6 is 0 Å². The average molecular weight is 225 g/mol. The van der Waals surface area contributed by atoms with E-state index in [0.29, 0.717) is 0 Å². The summed E-state index contributed by atoms with van der Waals surface area (Å²) in [5, 5.41) is 3.60. The minimum absolute atomic E-state index is 0.856. The summed E-state index contributed by atoms with van der Waals surface area (Å²) in [6, 6.07) is 0. The largest absolute Gasteiger partial charge is 0.316 e. The molecule has 0 saturated carbocycles. The molecule has 1 N–H and O–H groups in total. The van der Waals surface area contributed by atoms with Crippen molar-refractivity contribution in [2.75, 3.05) is 13.1 Å². The van der Waals surface area contributed by atoms with Crippen LogP contribution in [-0.4, -0.2) is 13.1 Å². The zero-order valence-corrected chi connectivity index (χ0v) is 11.4. The molecule has 0 aliphatic rings. The summed E-state index contributed by atoms with van der Waals surface area (Å²) in [5.74, 6) is 0.856. The maximum Gasteiger partial charge on any atom is -0.00204 e. The van der Waals surface area contributed by atoms with Gasteiger partial charge in [-0.1, -0.05) is 45.6 Å². The molecular weight excluding hydrogens is 194 g/mol. The highest BCUT2D eigenvalue weighted by atomic mass is 14.8. The SMILES string of the molecule is C=CCCC(CCC)CNCCCCCC. The first-order valence-corrected chi connectivity index (χ1v) is 7.16. The molecule has 0 bridgehead atoms. The molecule has 1 nitrogen and oxygen atoms in total. The van der Waals surface area contributed by atoms with Gasteiger partial charge in [0.2, 0.25) is 0 Å². The first kappa shape index (κ1) is 15.7.